The molecule has 0 aromatic rings. The largest absolute Gasteiger partial charge is 0.463 e. The summed E-state index contributed by atoms with van der Waals surface area (Å²) in [4.78, 5) is 23.0. The van der Waals surface area contributed by atoms with Gasteiger partial charge in [0.1, 0.15) is 12.2 Å². The molecular weight excluding hydrogens is 380 g/mol. The fourth-order valence-electron chi connectivity index (χ4n) is 8.17. The SMILES string of the molecule is CC(=O)O[C@H]1CC[C@@]2(C)C(=CC[C@H]3[C@@H]4CC[C@H]([C@@H](C)OC(C)=O)[C@@]4(CO)CC[C@@H]32)C1. The Morgan fingerprint density at radius 3 is 2.57 bits per heavy atom. The van der Waals surface area contributed by atoms with Crippen LogP contribution in [0.5, 0.6) is 0 Å². The van der Waals surface area contributed by atoms with Crippen LogP contribution in [0.15, 0.2) is 11.6 Å². The molecule has 0 amide bonds. The Kier molecular flexibility index (Phi) is 5.80. The molecule has 0 aromatic carbocycles. The number of allylic oxidation sites excluding steroid dienone is 1. The van der Waals surface area contributed by atoms with E-state index in [1.54, 1.807) is 0 Å². The summed E-state index contributed by atoms with van der Waals surface area (Å²) in [6.45, 7) is 7.61. The number of esters is 2. The monoisotopic (exact) mass is 418 g/mol. The van der Waals surface area contributed by atoms with E-state index in [2.05, 4.69) is 13.0 Å². The summed E-state index contributed by atoms with van der Waals surface area (Å²) >= 11 is 0. The smallest absolute Gasteiger partial charge is 0.302 e. The summed E-state index contributed by atoms with van der Waals surface area (Å²) in [5.74, 6) is 1.54. The Balaban J connectivity index is 1.57. The van der Waals surface area contributed by atoms with E-state index < -0.39 is 0 Å². The van der Waals surface area contributed by atoms with E-state index in [0.29, 0.717) is 17.8 Å². The standard InChI is InChI=1S/C25H38O5/c1-15(29-16(2)27)21-7-8-23-20-6-5-18-13-19(30-17(3)28)9-11-24(18,4)22(20)10-12-25(21,23)14-26/h5,15,19-23,26H,6-14H2,1-4H3/t15-,19+,20-,21-,22+,23+,24+,25+/m1/s1. The van der Waals surface area contributed by atoms with Gasteiger partial charge in [-0.25, -0.2) is 0 Å². The molecule has 5 heteroatoms. The van der Waals surface area contributed by atoms with Crippen LogP contribution >= 0.6 is 0 Å². The predicted molar refractivity (Wildman–Crippen MR) is 113 cm³/mol. The number of fused-ring (bicyclic) bond motifs is 5. The number of hydrogen-bond acceptors (Lipinski definition) is 5. The highest BCUT2D eigenvalue weighted by Gasteiger charge is 2.61. The second-order valence-corrected chi connectivity index (χ2v) is 10.7. The zero-order valence-corrected chi connectivity index (χ0v) is 19.0. The normalized spacial score (nSPS) is 43.5. The number of hydrogen-bond donors (Lipinski definition) is 1. The molecule has 4 aliphatic carbocycles. The molecule has 4 rings (SSSR count). The molecule has 1 N–H and O–H groups in total. The fraction of sp³-hybridized carbons (Fsp3) is 0.840. The molecule has 4 aliphatic rings. The number of carbonyl (C=O) groups is 2. The van der Waals surface area contributed by atoms with E-state index in [0.717, 1.165) is 51.4 Å². The van der Waals surface area contributed by atoms with Crippen molar-refractivity contribution in [3.63, 3.8) is 0 Å². The minimum atomic E-state index is -0.227. The van der Waals surface area contributed by atoms with Crippen molar-refractivity contribution in [1.82, 2.24) is 0 Å². The lowest BCUT2D eigenvalue weighted by Gasteiger charge is -2.58. The molecule has 0 aliphatic heterocycles. The van der Waals surface area contributed by atoms with Crippen molar-refractivity contribution in [3.05, 3.63) is 11.6 Å². The Bertz CT molecular complexity index is 729. The van der Waals surface area contributed by atoms with E-state index in [-0.39, 0.29) is 47.5 Å². The quantitative estimate of drug-likeness (QED) is 0.540. The van der Waals surface area contributed by atoms with Crippen LogP contribution in [0, 0.1) is 34.5 Å². The van der Waals surface area contributed by atoms with Gasteiger partial charge in [0.2, 0.25) is 0 Å². The number of ether oxygens (including phenoxy) is 2. The van der Waals surface area contributed by atoms with Crippen LogP contribution in [0.4, 0.5) is 0 Å². The molecule has 0 aromatic heterocycles. The third kappa shape index (κ3) is 3.41. The van der Waals surface area contributed by atoms with Gasteiger partial charge in [-0.2, -0.15) is 0 Å². The molecule has 3 saturated carbocycles. The molecule has 30 heavy (non-hydrogen) atoms. The topological polar surface area (TPSA) is 72.8 Å². The van der Waals surface area contributed by atoms with Crippen LogP contribution in [-0.2, 0) is 19.1 Å². The maximum atomic E-state index is 11.6. The molecule has 5 nitrogen and oxygen atoms in total. The average molecular weight is 419 g/mol. The third-order valence-corrected chi connectivity index (χ3v) is 9.39. The number of rotatable bonds is 4. The summed E-state index contributed by atoms with van der Waals surface area (Å²) in [5, 5.41) is 10.6. The van der Waals surface area contributed by atoms with Gasteiger partial charge in [0, 0.05) is 38.2 Å². The Morgan fingerprint density at radius 2 is 1.90 bits per heavy atom. The summed E-state index contributed by atoms with van der Waals surface area (Å²) < 4.78 is 11.1. The van der Waals surface area contributed by atoms with Crippen LogP contribution < -0.4 is 0 Å². The first-order valence-electron chi connectivity index (χ1n) is 11.9. The van der Waals surface area contributed by atoms with Crippen molar-refractivity contribution in [1.29, 1.82) is 0 Å². The van der Waals surface area contributed by atoms with Crippen LogP contribution in [0.3, 0.4) is 0 Å². The van der Waals surface area contributed by atoms with Gasteiger partial charge in [0.25, 0.3) is 0 Å². The number of carbonyl (C=O) groups excluding carboxylic acids is 2. The third-order valence-electron chi connectivity index (χ3n) is 9.39. The van der Waals surface area contributed by atoms with Gasteiger partial charge in [-0.15, -0.1) is 0 Å². The lowest BCUT2D eigenvalue weighted by molar-refractivity contribution is -0.156. The van der Waals surface area contributed by atoms with Crippen LogP contribution in [-0.4, -0.2) is 35.9 Å². The van der Waals surface area contributed by atoms with Gasteiger partial charge in [-0.3, -0.25) is 9.59 Å². The maximum Gasteiger partial charge on any atom is 0.302 e. The zero-order chi connectivity index (χ0) is 21.7. The minimum absolute atomic E-state index is 0.0268. The van der Waals surface area contributed by atoms with Gasteiger partial charge >= 0.3 is 11.9 Å². The van der Waals surface area contributed by atoms with Gasteiger partial charge in [0.15, 0.2) is 0 Å². The summed E-state index contributed by atoms with van der Waals surface area (Å²) in [7, 11) is 0. The van der Waals surface area contributed by atoms with Gasteiger partial charge in [0.05, 0.1) is 0 Å². The molecule has 0 bridgehead atoms. The molecule has 168 valence electrons. The Hall–Kier alpha value is -1.36. The second kappa shape index (κ2) is 7.96. The van der Waals surface area contributed by atoms with Crippen molar-refractivity contribution in [2.75, 3.05) is 6.61 Å². The molecular formula is C25H38O5. The summed E-state index contributed by atoms with van der Waals surface area (Å²) in [6.07, 6.45) is 10.6. The van der Waals surface area contributed by atoms with Crippen molar-refractivity contribution in [3.8, 4) is 0 Å². The van der Waals surface area contributed by atoms with Crippen molar-refractivity contribution >= 4 is 11.9 Å². The van der Waals surface area contributed by atoms with Crippen molar-refractivity contribution in [2.45, 2.75) is 91.3 Å². The highest BCUT2D eigenvalue weighted by Crippen LogP contribution is 2.66. The van der Waals surface area contributed by atoms with Crippen LogP contribution in [0.2, 0.25) is 0 Å². The molecule has 0 radical (unpaired) electrons. The zero-order valence-electron chi connectivity index (χ0n) is 19.0. The van der Waals surface area contributed by atoms with E-state index in [9.17, 15) is 14.7 Å². The molecule has 3 fully saturated rings. The number of aliphatic hydroxyl groups is 1. The lowest BCUT2D eigenvalue weighted by atomic mass is 9.47. The van der Waals surface area contributed by atoms with Gasteiger partial charge < -0.3 is 14.6 Å². The highest BCUT2D eigenvalue weighted by molar-refractivity contribution is 5.66. The number of aliphatic hydroxyl groups excluding tert-OH is 1. The van der Waals surface area contributed by atoms with E-state index in [4.69, 9.17) is 9.47 Å². The second-order valence-electron chi connectivity index (χ2n) is 10.7. The van der Waals surface area contributed by atoms with Crippen LogP contribution in [0.1, 0.15) is 79.1 Å². The highest BCUT2D eigenvalue weighted by atomic mass is 16.5. The Morgan fingerprint density at radius 1 is 1.13 bits per heavy atom. The summed E-state index contributed by atoms with van der Waals surface area (Å²) in [5.41, 5.74) is 1.55. The van der Waals surface area contributed by atoms with Gasteiger partial charge in [-0.1, -0.05) is 18.6 Å². The molecule has 8 atom stereocenters. The van der Waals surface area contributed by atoms with E-state index in [1.165, 1.54) is 19.4 Å². The van der Waals surface area contributed by atoms with E-state index >= 15 is 0 Å². The summed E-state index contributed by atoms with van der Waals surface area (Å²) in [6, 6.07) is 0. The average Bonchev–Trinajstić information content (AvgIpc) is 3.07. The lowest BCUT2D eigenvalue weighted by Crippen LogP contribution is -2.53. The molecule has 0 heterocycles. The molecule has 0 spiro atoms. The molecule has 0 unspecified atom stereocenters. The van der Waals surface area contributed by atoms with Gasteiger partial charge in [-0.05, 0) is 75.0 Å². The Labute approximate surface area is 180 Å². The first-order chi connectivity index (χ1) is 14.2. The first kappa shape index (κ1) is 21.9. The van der Waals surface area contributed by atoms with Crippen LogP contribution in [0.25, 0.3) is 0 Å². The van der Waals surface area contributed by atoms with Crippen molar-refractivity contribution in [2.24, 2.45) is 34.5 Å². The minimum Gasteiger partial charge on any atom is -0.463 e. The first-order valence-corrected chi connectivity index (χ1v) is 11.9. The van der Waals surface area contributed by atoms with E-state index in [1.807, 2.05) is 6.92 Å². The fourth-order valence-corrected chi connectivity index (χ4v) is 8.17. The van der Waals surface area contributed by atoms with Crippen molar-refractivity contribution < 1.29 is 24.2 Å². The molecule has 0 saturated heterocycles. The predicted octanol–water partition coefficient (Wildman–Crippen LogP) is 4.42. The maximum absolute atomic E-state index is 11.6.